The summed E-state index contributed by atoms with van der Waals surface area (Å²) < 4.78 is 44.0. The predicted octanol–water partition coefficient (Wildman–Crippen LogP) is 5.86. The average Bonchev–Trinajstić information content (AvgIpc) is 3.46. The molecule has 1 aromatic heterocycles. The number of nitriles is 1. The number of aryl methyl sites for hydroxylation is 2. The fourth-order valence-electron chi connectivity index (χ4n) is 5.82. The van der Waals surface area contributed by atoms with Crippen LogP contribution in [0, 0.1) is 36.9 Å². The van der Waals surface area contributed by atoms with E-state index in [0.717, 1.165) is 36.2 Å². The lowest BCUT2D eigenvalue weighted by Gasteiger charge is -2.30. The Labute approximate surface area is 222 Å². The Morgan fingerprint density at radius 3 is 2.65 bits per heavy atom. The van der Waals surface area contributed by atoms with Gasteiger partial charge in [-0.15, -0.1) is 0 Å². The summed E-state index contributed by atoms with van der Waals surface area (Å²) in [5, 5.41) is 14.6. The minimum atomic E-state index is -3.89. The van der Waals surface area contributed by atoms with Crippen molar-refractivity contribution in [1.29, 1.82) is 5.26 Å². The number of rotatable bonds is 6. The van der Waals surface area contributed by atoms with Crippen LogP contribution in [0.2, 0.25) is 5.02 Å². The van der Waals surface area contributed by atoms with Crippen molar-refractivity contribution in [3.05, 3.63) is 87.0 Å². The number of fused-ring (bicyclic) bond motifs is 1. The highest BCUT2D eigenvalue weighted by Crippen LogP contribution is 2.47. The molecule has 9 heteroatoms. The van der Waals surface area contributed by atoms with Crippen LogP contribution in [0.5, 0.6) is 0 Å². The molecule has 0 N–H and O–H groups in total. The molecule has 0 aliphatic heterocycles. The molecule has 0 spiro atoms. The van der Waals surface area contributed by atoms with Gasteiger partial charge in [0.25, 0.3) is 0 Å². The normalized spacial score (nSPS) is 19.2. The topological polar surface area (TPSA) is 79.0 Å². The molecule has 0 bridgehead atoms. The highest BCUT2D eigenvalue weighted by molar-refractivity contribution is 7.89. The van der Waals surface area contributed by atoms with Crippen molar-refractivity contribution in [2.75, 3.05) is 13.1 Å². The first kappa shape index (κ1) is 25.7. The van der Waals surface area contributed by atoms with Crippen LogP contribution < -0.4 is 0 Å². The molecule has 192 valence electrons. The molecule has 5 rings (SSSR count). The lowest BCUT2D eigenvalue weighted by Crippen LogP contribution is -2.36. The molecule has 0 radical (unpaired) electrons. The quantitative estimate of drug-likeness (QED) is 0.291. The monoisotopic (exact) mass is 538 g/mol. The summed E-state index contributed by atoms with van der Waals surface area (Å²) in [5.41, 5.74) is 6.82. The second kappa shape index (κ2) is 9.71. The number of benzene rings is 2. The van der Waals surface area contributed by atoms with Gasteiger partial charge in [-0.3, -0.25) is 0 Å². The number of sulfonamides is 1. The predicted molar refractivity (Wildman–Crippen MR) is 141 cm³/mol. The van der Waals surface area contributed by atoms with E-state index in [-0.39, 0.29) is 35.6 Å². The van der Waals surface area contributed by atoms with E-state index in [9.17, 15) is 18.1 Å². The van der Waals surface area contributed by atoms with Crippen molar-refractivity contribution in [3.8, 4) is 11.8 Å². The molecule has 37 heavy (non-hydrogen) atoms. The van der Waals surface area contributed by atoms with Crippen molar-refractivity contribution in [1.82, 2.24) is 14.1 Å². The first-order valence-electron chi connectivity index (χ1n) is 12.3. The molecule has 2 aliphatic carbocycles. The second-order valence-corrected chi connectivity index (χ2v) is 12.3. The summed E-state index contributed by atoms with van der Waals surface area (Å²) in [4.78, 5) is 0.191. The Balaban J connectivity index is 1.45. The van der Waals surface area contributed by atoms with Gasteiger partial charge < -0.3 is 0 Å². The molecule has 0 fully saturated rings. The van der Waals surface area contributed by atoms with E-state index in [1.807, 2.05) is 10.9 Å². The van der Waals surface area contributed by atoms with Crippen LogP contribution in [-0.4, -0.2) is 35.6 Å². The molecule has 2 aromatic carbocycles. The maximum atomic E-state index is 13.7. The highest BCUT2D eigenvalue weighted by atomic mass is 35.5. The van der Waals surface area contributed by atoms with Crippen molar-refractivity contribution in [2.24, 2.45) is 5.92 Å². The van der Waals surface area contributed by atoms with Gasteiger partial charge >= 0.3 is 0 Å². The van der Waals surface area contributed by atoms with Crippen molar-refractivity contribution in [2.45, 2.75) is 50.8 Å². The zero-order valence-corrected chi connectivity index (χ0v) is 22.6. The second-order valence-electron chi connectivity index (χ2n) is 9.95. The van der Waals surface area contributed by atoms with E-state index < -0.39 is 10.0 Å². The largest absolute Gasteiger partial charge is 0.244 e. The standard InChI is InChI=1S/C28H28ClFN4O2S/c1-17-13-27(18(2)12-25(17)29)37(35,36)33(11-10-31)16-21-5-4-20-14-26-24(19(3)28(20)21)15-32-34(26)23-8-6-22(30)7-9-23/h6-9,12-13,15,19,21H,4-5,11,14,16H2,1-3H3/t19-,21-/m1/s1. The number of nitrogens with zero attached hydrogens (tertiary/aromatic N) is 4. The zero-order valence-electron chi connectivity index (χ0n) is 21.0. The van der Waals surface area contributed by atoms with Crippen molar-refractivity contribution in [3.63, 3.8) is 0 Å². The summed E-state index contributed by atoms with van der Waals surface area (Å²) in [6.45, 7) is 5.67. The SMILES string of the molecule is Cc1cc(S(=O)(=O)N(CC#N)C[C@H]2CCC3=C2[C@H](C)c2cnn(-c4ccc(F)cc4)c2C3)c(C)cc1Cl. The van der Waals surface area contributed by atoms with Gasteiger partial charge in [-0.25, -0.2) is 17.5 Å². The number of halogens is 2. The van der Waals surface area contributed by atoms with Gasteiger partial charge in [-0.05, 0) is 80.1 Å². The van der Waals surface area contributed by atoms with Crippen LogP contribution in [0.25, 0.3) is 5.69 Å². The third-order valence-electron chi connectivity index (χ3n) is 7.67. The van der Waals surface area contributed by atoms with Crippen LogP contribution >= 0.6 is 11.6 Å². The average molecular weight is 539 g/mol. The third kappa shape index (κ3) is 4.50. The Hall–Kier alpha value is -2.99. The molecule has 0 saturated carbocycles. The fraction of sp³-hybridized carbons (Fsp3) is 0.357. The molecule has 0 amide bonds. The van der Waals surface area contributed by atoms with E-state index in [2.05, 4.69) is 18.1 Å². The van der Waals surface area contributed by atoms with Crippen molar-refractivity contribution >= 4 is 21.6 Å². The Kier molecular flexibility index (Phi) is 6.73. The summed E-state index contributed by atoms with van der Waals surface area (Å²) in [6, 6.07) is 11.6. The molecule has 2 atom stereocenters. The maximum absolute atomic E-state index is 13.7. The summed E-state index contributed by atoms with van der Waals surface area (Å²) in [7, 11) is -3.89. The zero-order chi connectivity index (χ0) is 26.5. The van der Waals surface area contributed by atoms with Gasteiger partial charge in [-0.1, -0.05) is 29.7 Å². The maximum Gasteiger partial charge on any atom is 0.244 e. The summed E-state index contributed by atoms with van der Waals surface area (Å²) >= 11 is 6.21. The highest BCUT2D eigenvalue weighted by Gasteiger charge is 2.39. The van der Waals surface area contributed by atoms with Crippen LogP contribution in [0.4, 0.5) is 4.39 Å². The molecule has 1 heterocycles. The van der Waals surface area contributed by atoms with Gasteiger partial charge in [0.2, 0.25) is 10.0 Å². The van der Waals surface area contributed by atoms with E-state index >= 15 is 0 Å². The van der Waals surface area contributed by atoms with Gasteiger partial charge in [0, 0.05) is 29.5 Å². The minimum Gasteiger partial charge on any atom is -0.237 e. The Bertz CT molecular complexity index is 1550. The lowest BCUT2D eigenvalue weighted by molar-refractivity contribution is 0.383. The number of hydrogen-bond donors (Lipinski definition) is 0. The van der Waals surface area contributed by atoms with Gasteiger partial charge in [-0.2, -0.15) is 14.7 Å². The van der Waals surface area contributed by atoms with E-state index in [1.165, 1.54) is 27.6 Å². The number of aromatic nitrogens is 2. The first-order valence-corrected chi connectivity index (χ1v) is 14.1. The summed E-state index contributed by atoms with van der Waals surface area (Å²) in [6.07, 6.45) is 4.30. The number of hydrogen-bond acceptors (Lipinski definition) is 4. The van der Waals surface area contributed by atoms with E-state index in [0.29, 0.717) is 16.1 Å². The van der Waals surface area contributed by atoms with E-state index in [4.69, 9.17) is 11.6 Å². The van der Waals surface area contributed by atoms with Gasteiger partial charge in [0.05, 0.1) is 28.5 Å². The molecule has 0 unspecified atom stereocenters. The van der Waals surface area contributed by atoms with Crippen LogP contribution in [0.1, 0.15) is 48.1 Å². The minimum absolute atomic E-state index is 0.0177. The van der Waals surface area contributed by atoms with E-state index in [1.54, 1.807) is 38.1 Å². The molecule has 0 saturated heterocycles. The number of allylic oxidation sites excluding steroid dienone is 1. The van der Waals surface area contributed by atoms with Gasteiger partial charge in [0.1, 0.15) is 12.4 Å². The lowest BCUT2D eigenvalue weighted by atomic mass is 9.80. The fourth-order valence-corrected chi connectivity index (χ4v) is 7.71. The summed E-state index contributed by atoms with van der Waals surface area (Å²) in [5.74, 6) is -0.196. The Morgan fingerprint density at radius 2 is 1.95 bits per heavy atom. The molecule has 3 aromatic rings. The van der Waals surface area contributed by atoms with Crippen LogP contribution in [0.15, 0.2) is 58.6 Å². The van der Waals surface area contributed by atoms with Crippen LogP contribution in [-0.2, 0) is 16.4 Å². The molecule has 6 nitrogen and oxygen atoms in total. The van der Waals surface area contributed by atoms with Gasteiger partial charge in [0.15, 0.2) is 0 Å². The third-order valence-corrected chi connectivity index (χ3v) is 10.0. The van der Waals surface area contributed by atoms with Crippen molar-refractivity contribution < 1.29 is 12.8 Å². The molecular formula is C28H28ClFN4O2S. The molecule has 2 aliphatic rings. The Morgan fingerprint density at radius 1 is 1.22 bits per heavy atom. The smallest absolute Gasteiger partial charge is 0.237 e. The van der Waals surface area contributed by atoms with Crippen LogP contribution in [0.3, 0.4) is 0 Å². The molecular weight excluding hydrogens is 511 g/mol. The first-order chi connectivity index (χ1) is 17.6.